The molecule has 9 heteroatoms. The Hall–Kier alpha value is -3.68. The van der Waals surface area contributed by atoms with Gasteiger partial charge in [-0.15, -0.1) is 0 Å². The Morgan fingerprint density at radius 1 is 1.00 bits per heavy atom. The van der Waals surface area contributed by atoms with Gasteiger partial charge < -0.3 is 15.4 Å². The minimum Gasteiger partial charge on any atom is -0.422 e. The van der Waals surface area contributed by atoms with Crippen LogP contribution in [0.5, 0.6) is 5.75 Å². The van der Waals surface area contributed by atoms with Gasteiger partial charge in [-0.2, -0.15) is 0 Å². The zero-order chi connectivity index (χ0) is 25.9. The van der Waals surface area contributed by atoms with E-state index < -0.39 is 17.3 Å². The number of allylic oxidation sites excluding steroid dienone is 2. The van der Waals surface area contributed by atoms with Crippen LogP contribution in [0.3, 0.4) is 0 Å². The van der Waals surface area contributed by atoms with E-state index in [2.05, 4.69) is 15.6 Å². The monoisotopic (exact) mass is 523 g/mol. The van der Waals surface area contributed by atoms with Crippen molar-refractivity contribution in [2.75, 3.05) is 10.6 Å². The number of rotatable bonds is 8. The highest BCUT2D eigenvalue weighted by atomic mass is 35.5. The van der Waals surface area contributed by atoms with Gasteiger partial charge in [-0.3, -0.25) is 19.4 Å². The van der Waals surface area contributed by atoms with Gasteiger partial charge in [-0.1, -0.05) is 66.5 Å². The summed E-state index contributed by atoms with van der Waals surface area (Å²) in [5, 5.41) is 6.12. The number of nitrogens with zero attached hydrogens (tertiary/aromatic N) is 1. The summed E-state index contributed by atoms with van der Waals surface area (Å²) in [5.41, 5.74) is 1.61. The Morgan fingerprint density at radius 2 is 1.67 bits per heavy atom. The first-order chi connectivity index (χ1) is 17.2. The maximum atomic E-state index is 13.0. The van der Waals surface area contributed by atoms with E-state index in [4.69, 9.17) is 27.9 Å². The number of ketones is 1. The van der Waals surface area contributed by atoms with Gasteiger partial charge >= 0.3 is 5.97 Å². The van der Waals surface area contributed by atoms with Crippen molar-refractivity contribution in [3.8, 4) is 5.75 Å². The third-order valence-electron chi connectivity index (χ3n) is 5.93. The molecule has 1 aliphatic carbocycles. The third-order valence-corrected chi connectivity index (χ3v) is 6.50. The summed E-state index contributed by atoms with van der Waals surface area (Å²) >= 11 is 12.3. The summed E-state index contributed by atoms with van der Waals surface area (Å²) in [6.07, 6.45) is 4.77. The molecule has 0 saturated heterocycles. The smallest absolute Gasteiger partial charge is 0.311 e. The van der Waals surface area contributed by atoms with E-state index >= 15 is 0 Å². The number of esters is 1. The minimum atomic E-state index is -0.773. The summed E-state index contributed by atoms with van der Waals surface area (Å²) in [7, 11) is 0. The van der Waals surface area contributed by atoms with E-state index in [1.54, 1.807) is 25.1 Å². The molecule has 2 aromatic carbocycles. The fraction of sp³-hybridized carbons (Fsp3) is 0.185. The zero-order valence-corrected chi connectivity index (χ0v) is 21.1. The van der Waals surface area contributed by atoms with Crippen molar-refractivity contribution in [3.05, 3.63) is 93.9 Å². The topological polar surface area (TPSA) is 97.4 Å². The SMILES string of the molecule is CCC(=O)Oc1c(NC(=O)c2c(Cl)cncc2Cl)cccc1NC1=CC(=O)[C@@]1(C)Cc1ccccc1. The molecule has 1 aromatic heterocycles. The van der Waals surface area contributed by atoms with Crippen LogP contribution in [0.15, 0.2) is 72.7 Å². The minimum absolute atomic E-state index is 0.00705. The highest BCUT2D eigenvalue weighted by Crippen LogP contribution is 2.44. The van der Waals surface area contributed by atoms with Crippen LogP contribution in [0.2, 0.25) is 10.0 Å². The number of nitrogens with one attached hydrogen (secondary N) is 2. The molecule has 7 nitrogen and oxygen atoms in total. The first kappa shape index (κ1) is 25.4. The Morgan fingerprint density at radius 3 is 2.31 bits per heavy atom. The lowest BCUT2D eigenvalue weighted by atomic mass is 9.69. The molecule has 0 radical (unpaired) electrons. The second-order valence-corrected chi connectivity index (χ2v) is 9.30. The Bertz CT molecular complexity index is 1350. The van der Waals surface area contributed by atoms with Crippen LogP contribution in [-0.4, -0.2) is 22.6 Å². The quantitative estimate of drug-likeness (QED) is 0.274. The Labute approximate surface area is 218 Å². The average Bonchev–Trinajstić information content (AvgIpc) is 2.86. The van der Waals surface area contributed by atoms with Crippen molar-refractivity contribution in [3.63, 3.8) is 0 Å². The molecule has 0 spiro atoms. The molecule has 0 aliphatic heterocycles. The van der Waals surface area contributed by atoms with Gasteiger partial charge in [0.25, 0.3) is 5.91 Å². The van der Waals surface area contributed by atoms with Gasteiger partial charge in [0.05, 0.1) is 32.4 Å². The molecule has 1 atom stereocenters. The molecule has 0 fully saturated rings. The number of carbonyl (C=O) groups is 3. The summed E-state index contributed by atoms with van der Waals surface area (Å²) < 4.78 is 5.60. The fourth-order valence-corrected chi connectivity index (χ4v) is 4.39. The van der Waals surface area contributed by atoms with Crippen LogP contribution in [0, 0.1) is 5.41 Å². The maximum absolute atomic E-state index is 13.0. The number of anilines is 2. The molecular weight excluding hydrogens is 501 g/mol. The molecule has 36 heavy (non-hydrogen) atoms. The van der Waals surface area contributed by atoms with Gasteiger partial charge in [-0.05, 0) is 31.0 Å². The summed E-state index contributed by atoms with van der Waals surface area (Å²) in [5.74, 6) is -0.982. The lowest BCUT2D eigenvalue weighted by Crippen LogP contribution is -2.42. The van der Waals surface area contributed by atoms with Gasteiger partial charge in [-0.25, -0.2) is 0 Å². The van der Waals surface area contributed by atoms with Crippen molar-refractivity contribution in [2.24, 2.45) is 5.41 Å². The van der Waals surface area contributed by atoms with Gasteiger partial charge in [0.15, 0.2) is 11.5 Å². The number of carbonyl (C=O) groups excluding carboxylic acids is 3. The number of aromatic nitrogens is 1. The van der Waals surface area contributed by atoms with Crippen LogP contribution in [-0.2, 0) is 16.0 Å². The van der Waals surface area contributed by atoms with Crippen LogP contribution in [0.25, 0.3) is 0 Å². The Kier molecular flexibility index (Phi) is 7.43. The van der Waals surface area contributed by atoms with Crippen molar-refractivity contribution in [1.29, 1.82) is 0 Å². The van der Waals surface area contributed by atoms with Crippen molar-refractivity contribution >= 4 is 52.2 Å². The zero-order valence-electron chi connectivity index (χ0n) is 19.6. The highest BCUT2D eigenvalue weighted by molar-refractivity contribution is 6.40. The van der Waals surface area contributed by atoms with Crippen LogP contribution in [0.4, 0.5) is 11.4 Å². The van der Waals surface area contributed by atoms with Crippen molar-refractivity contribution < 1.29 is 19.1 Å². The summed E-state index contributed by atoms with van der Waals surface area (Å²) in [6.45, 7) is 3.53. The molecule has 1 aliphatic rings. The van der Waals surface area contributed by atoms with E-state index in [1.165, 1.54) is 18.5 Å². The molecule has 4 rings (SSSR count). The number of pyridine rings is 1. The third kappa shape index (κ3) is 5.12. The number of ether oxygens (including phenoxy) is 1. The molecule has 0 saturated carbocycles. The van der Waals surface area contributed by atoms with Gasteiger partial charge in [0.2, 0.25) is 0 Å². The first-order valence-electron chi connectivity index (χ1n) is 11.2. The second-order valence-electron chi connectivity index (χ2n) is 8.48. The van der Waals surface area contributed by atoms with Gasteiger partial charge in [0, 0.05) is 30.6 Å². The largest absolute Gasteiger partial charge is 0.422 e. The van der Waals surface area contributed by atoms with E-state index in [0.717, 1.165) is 5.56 Å². The number of para-hydroxylation sites is 1. The van der Waals surface area contributed by atoms with E-state index in [9.17, 15) is 14.4 Å². The maximum Gasteiger partial charge on any atom is 0.311 e. The molecule has 0 bridgehead atoms. The Balaban J connectivity index is 1.65. The first-order valence-corrected chi connectivity index (χ1v) is 12.0. The highest BCUT2D eigenvalue weighted by Gasteiger charge is 2.44. The number of hydrogen-bond acceptors (Lipinski definition) is 6. The van der Waals surface area contributed by atoms with E-state index in [-0.39, 0.29) is 39.2 Å². The molecule has 0 unspecified atom stereocenters. The summed E-state index contributed by atoms with van der Waals surface area (Å²) in [4.78, 5) is 41.7. The molecule has 1 amide bonds. The predicted octanol–water partition coefficient (Wildman–Crippen LogP) is 6.08. The molecule has 184 valence electrons. The van der Waals surface area contributed by atoms with Crippen molar-refractivity contribution in [1.82, 2.24) is 4.98 Å². The molecule has 2 N–H and O–H groups in total. The number of halogens is 2. The normalized spacial score (nSPS) is 16.6. The van der Waals surface area contributed by atoms with Crippen LogP contribution in [0.1, 0.15) is 36.2 Å². The van der Waals surface area contributed by atoms with Crippen LogP contribution < -0.4 is 15.4 Å². The lowest BCUT2D eigenvalue weighted by Gasteiger charge is -2.38. The average molecular weight is 524 g/mol. The molecular formula is C27H23Cl2N3O4. The summed E-state index contributed by atoms with van der Waals surface area (Å²) in [6, 6.07) is 14.7. The van der Waals surface area contributed by atoms with E-state index in [0.29, 0.717) is 17.8 Å². The van der Waals surface area contributed by atoms with Crippen LogP contribution >= 0.6 is 23.2 Å². The lowest BCUT2D eigenvalue weighted by molar-refractivity contribution is -0.134. The van der Waals surface area contributed by atoms with Crippen molar-refractivity contribution in [2.45, 2.75) is 26.7 Å². The second kappa shape index (κ2) is 10.5. The fourth-order valence-electron chi connectivity index (χ4n) is 3.85. The number of hydrogen-bond donors (Lipinski definition) is 2. The number of benzene rings is 2. The number of amides is 1. The molecule has 3 aromatic rings. The predicted molar refractivity (Wildman–Crippen MR) is 140 cm³/mol. The van der Waals surface area contributed by atoms with E-state index in [1.807, 2.05) is 37.3 Å². The standard InChI is InChI=1S/C27H23Cl2N3O4/c1-3-23(34)36-25-19(31-21-12-22(33)27(21,2)13-16-8-5-4-6-9-16)10-7-11-20(25)32-26(35)24-17(28)14-30-15-18(24)29/h4-12,14-15,31H,3,13H2,1-2H3,(H,32,35)/t27-/m0/s1. The van der Waals surface area contributed by atoms with Gasteiger partial charge in [0.1, 0.15) is 0 Å². The molecule has 1 heterocycles.